The smallest absolute Gasteiger partial charge is 0.242 e. The molecule has 0 radical (unpaired) electrons. The number of carbonyl (C=O) groups is 2. The highest BCUT2D eigenvalue weighted by molar-refractivity contribution is 7.10. The minimum Gasteiger partial charge on any atom is -0.488 e. The van der Waals surface area contributed by atoms with Gasteiger partial charge in [-0.3, -0.25) is 9.59 Å². The van der Waals surface area contributed by atoms with Crippen LogP contribution < -0.4 is 4.74 Å². The van der Waals surface area contributed by atoms with E-state index < -0.39 is 5.82 Å². The molecule has 0 spiro atoms. The lowest BCUT2D eigenvalue weighted by molar-refractivity contribution is -0.142. The molecule has 156 valence electrons. The molecule has 0 aliphatic carbocycles. The predicted molar refractivity (Wildman–Crippen MR) is 112 cm³/mol. The van der Waals surface area contributed by atoms with Crippen LogP contribution in [0.4, 0.5) is 4.39 Å². The van der Waals surface area contributed by atoms with Gasteiger partial charge in [-0.25, -0.2) is 4.39 Å². The average molecular weight is 419 g/mol. The van der Waals surface area contributed by atoms with Crippen molar-refractivity contribution in [3.05, 3.63) is 52.0 Å². The monoisotopic (exact) mass is 418 g/mol. The number of halogens is 1. The number of hydrogen-bond acceptors (Lipinski definition) is 4. The van der Waals surface area contributed by atoms with Crippen LogP contribution in [0.3, 0.4) is 0 Å². The first-order valence-electron chi connectivity index (χ1n) is 10.1. The Labute approximate surface area is 175 Å². The van der Waals surface area contributed by atoms with E-state index in [1.165, 1.54) is 10.9 Å². The summed E-state index contributed by atoms with van der Waals surface area (Å²) in [7, 11) is 0. The standard InChI is InChI=1S/C22H27FN2O3S/c1-3-11-24(21(26)4-2)14-22(27)25-12-9-20-16(10-13-29-20)18(25)15-28-19-8-6-5-7-17(19)23/h5-8,10,13,18H,3-4,9,11-12,14-15H2,1-2H3. The molecule has 29 heavy (non-hydrogen) atoms. The maximum absolute atomic E-state index is 14.0. The average Bonchev–Trinajstić information content (AvgIpc) is 3.21. The summed E-state index contributed by atoms with van der Waals surface area (Å²) in [6, 6.07) is 7.99. The Morgan fingerprint density at radius 2 is 2.07 bits per heavy atom. The molecular formula is C22H27FN2O3S. The zero-order valence-corrected chi connectivity index (χ0v) is 17.7. The summed E-state index contributed by atoms with van der Waals surface area (Å²) < 4.78 is 19.7. The molecule has 0 saturated heterocycles. The van der Waals surface area contributed by atoms with Gasteiger partial charge in [0.25, 0.3) is 0 Å². The van der Waals surface area contributed by atoms with Gasteiger partial charge in [0.1, 0.15) is 6.61 Å². The molecule has 1 aliphatic rings. The fourth-order valence-electron chi connectivity index (χ4n) is 3.64. The lowest BCUT2D eigenvalue weighted by atomic mass is 10.0. The number of nitrogens with zero attached hydrogens (tertiary/aromatic N) is 2. The number of rotatable bonds is 8. The van der Waals surface area contributed by atoms with Crippen LogP contribution >= 0.6 is 11.3 Å². The Bertz CT molecular complexity index is 854. The van der Waals surface area contributed by atoms with E-state index in [2.05, 4.69) is 0 Å². The van der Waals surface area contributed by atoms with Crippen LogP contribution in [0.15, 0.2) is 35.7 Å². The number of para-hydroxylation sites is 1. The largest absolute Gasteiger partial charge is 0.488 e. The maximum Gasteiger partial charge on any atom is 0.242 e. The third-order valence-electron chi connectivity index (χ3n) is 5.12. The van der Waals surface area contributed by atoms with Crippen molar-refractivity contribution in [3.8, 4) is 5.75 Å². The molecule has 1 atom stereocenters. The van der Waals surface area contributed by atoms with E-state index in [0.29, 0.717) is 19.5 Å². The summed E-state index contributed by atoms with van der Waals surface area (Å²) >= 11 is 1.67. The minimum atomic E-state index is -0.422. The number of ether oxygens (including phenoxy) is 1. The zero-order valence-electron chi connectivity index (χ0n) is 16.9. The van der Waals surface area contributed by atoms with Crippen LogP contribution in [0.1, 0.15) is 43.2 Å². The zero-order chi connectivity index (χ0) is 20.8. The molecule has 1 aromatic heterocycles. The number of amides is 2. The van der Waals surface area contributed by atoms with Crippen molar-refractivity contribution >= 4 is 23.2 Å². The summed E-state index contributed by atoms with van der Waals surface area (Å²) in [5.74, 6) is -0.364. The first kappa shape index (κ1) is 21.3. The van der Waals surface area contributed by atoms with Crippen LogP contribution in [0.25, 0.3) is 0 Å². The predicted octanol–water partition coefficient (Wildman–Crippen LogP) is 4.04. The first-order chi connectivity index (χ1) is 14.0. The van der Waals surface area contributed by atoms with Crippen LogP contribution in [0.5, 0.6) is 5.75 Å². The second kappa shape index (κ2) is 9.87. The van der Waals surface area contributed by atoms with Crippen molar-refractivity contribution in [2.45, 2.75) is 39.2 Å². The van der Waals surface area contributed by atoms with Gasteiger partial charge < -0.3 is 14.5 Å². The van der Waals surface area contributed by atoms with Crippen LogP contribution in [0, 0.1) is 5.82 Å². The van der Waals surface area contributed by atoms with Crippen LogP contribution in [-0.2, 0) is 16.0 Å². The molecule has 7 heteroatoms. The van der Waals surface area contributed by atoms with Gasteiger partial charge in [0, 0.05) is 24.4 Å². The highest BCUT2D eigenvalue weighted by atomic mass is 32.1. The van der Waals surface area contributed by atoms with Crippen molar-refractivity contribution in [1.82, 2.24) is 9.80 Å². The van der Waals surface area contributed by atoms with E-state index in [1.54, 1.807) is 46.3 Å². The maximum atomic E-state index is 14.0. The molecule has 0 saturated carbocycles. The van der Waals surface area contributed by atoms with Crippen molar-refractivity contribution in [2.75, 3.05) is 26.2 Å². The second-order valence-corrected chi connectivity index (χ2v) is 8.06. The normalized spacial score (nSPS) is 15.7. The Morgan fingerprint density at radius 1 is 1.28 bits per heavy atom. The summed E-state index contributed by atoms with van der Waals surface area (Å²) in [5.41, 5.74) is 1.05. The molecule has 2 aromatic rings. The minimum absolute atomic E-state index is 0.0208. The molecule has 5 nitrogen and oxygen atoms in total. The van der Waals surface area contributed by atoms with Gasteiger partial charge in [-0.05, 0) is 42.0 Å². The van der Waals surface area contributed by atoms with Gasteiger partial charge in [-0.1, -0.05) is 26.0 Å². The number of carbonyl (C=O) groups excluding carboxylic acids is 2. The molecule has 1 aromatic carbocycles. The number of fused-ring (bicyclic) bond motifs is 1. The fraction of sp³-hybridized carbons (Fsp3) is 0.455. The topological polar surface area (TPSA) is 49.9 Å². The van der Waals surface area contributed by atoms with Crippen molar-refractivity contribution in [3.63, 3.8) is 0 Å². The van der Waals surface area contributed by atoms with E-state index in [9.17, 15) is 14.0 Å². The quantitative estimate of drug-likeness (QED) is 0.650. The lowest BCUT2D eigenvalue weighted by Gasteiger charge is -2.37. The van der Waals surface area contributed by atoms with E-state index in [1.807, 2.05) is 18.4 Å². The van der Waals surface area contributed by atoms with Crippen LogP contribution in [0.2, 0.25) is 0 Å². The fourth-order valence-corrected chi connectivity index (χ4v) is 4.57. The number of benzene rings is 1. The third-order valence-corrected chi connectivity index (χ3v) is 6.12. The molecule has 2 amide bonds. The van der Waals surface area contributed by atoms with E-state index >= 15 is 0 Å². The van der Waals surface area contributed by atoms with Gasteiger partial charge >= 0.3 is 0 Å². The molecule has 0 N–H and O–H groups in total. The Kier molecular flexibility index (Phi) is 7.25. The SMILES string of the molecule is CCCN(CC(=O)N1CCc2sccc2C1COc1ccccc1F)C(=O)CC. The molecule has 0 bridgehead atoms. The molecule has 3 rings (SSSR count). The first-order valence-corrected chi connectivity index (χ1v) is 10.9. The molecule has 0 fully saturated rings. The third kappa shape index (κ3) is 4.96. The Balaban J connectivity index is 1.77. The second-order valence-electron chi connectivity index (χ2n) is 7.06. The number of hydrogen-bond donors (Lipinski definition) is 0. The highest BCUT2D eigenvalue weighted by Crippen LogP contribution is 2.34. The molecule has 1 unspecified atom stereocenters. The molecule has 1 aliphatic heterocycles. The van der Waals surface area contributed by atoms with Gasteiger partial charge in [0.15, 0.2) is 11.6 Å². The summed E-state index contributed by atoms with van der Waals surface area (Å²) in [4.78, 5) is 30.0. The van der Waals surface area contributed by atoms with E-state index in [0.717, 1.165) is 18.4 Å². The molecular weight excluding hydrogens is 391 g/mol. The van der Waals surface area contributed by atoms with Crippen molar-refractivity contribution in [1.29, 1.82) is 0 Å². The lowest BCUT2D eigenvalue weighted by Crippen LogP contribution is -2.47. The van der Waals surface area contributed by atoms with Crippen molar-refractivity contribution < 1.29 is 18.7 Å². The van der Waals surface area contributed by atoms with Gasteiger partial charge in [-0.15, -0.1) is 11.3 Å². The van der Waals surface area contributed by atoms with Gasteiger partial charge in [-0.2, -0.15) is 0 Å². The molecule has 2 heterocycles. The Morgan fingerprint density at radius 3 is 2.79 bits per heavy atom. The summed E-state index contributed by atoms with van der Waals surface area (Å²) in [6.45, 7) is 5.16. The summed E-state index contributed by atoms with van der Waals surface area (Å²) in [6.07, 6.45) is 1.96. The number of thiophene rings is 1. The Hall–Kier alpha value is -2.41. The highest BCUT2D eigenvalue weighted by Gasteiger charge is 2.33. The van der Waals surface area contributed by atoms with Gasteiger partial charge in [0.2, 0.25) is 11.8 Å². The van der Waals surface area contributed by atoms with Gasteiger partial charge in [0.05, 0.1) is 12.6 Å². The van der Waals surface area contributed by atoms with E-state index in [4.69, 9.17) is 4.74 Å². The van der Waals surface area contributed by atoms with E-state index in [-0.39, 0.29) is 36.8 Å². The van der Waals surface area contributed by atoms with Crippen molar-refractivity contribution in [2.24, 2.45) is 0 Å². The van der Waals surface area contributed by atoms with Crippen LogP contribution in [-0.4, -0.2) is 47.9 Å². The summed E-state index contributed by atoms with van der Waals surface area (Å²) in [5, 5.41) is 2.01.